The van der Waals surface area contributed by atoms with Gasteiger partial charge in [0.2, 0.25) is 0 Å². The first kappa shape index (κ1) is 14.3. The maximum absolute atomic E-state index is 6.29. The summed E-state index contributed by atoms with van der Waals surface area (Å²) < 4.78 is 12.0. The largest absolute Gasteiger partial charge is 0.381 e. The maximum Gasteiger partial charge on any atom is 0.0660 e. The molecule has 2 unspecified atom stereocenters. The van der Waals surface area contributed by atoms with Crippen molar-refractivity contribution in [1.29, 1.82) is 0 Å². The van der Waals surface area contributed by atoms with E-state index in [-0.39, 0.29) is 0 Å². The van der Waals surface area contributed by atoms with Crippen LogP contribution >= 0.6 is 0 Å². The van der Waals surface area contributed by atoms with Crippen molar-refractivity contribution in [3.63, 3.8) is 0 Å². The van der Waals surface area contributed by atoms with E-state index in [1.54, 1.807) is 0 Å². The normalized spacial score (nSPS) is 36.7. The number of hydrogen-bond donors (Lipinski definition) is 0. The molecule has 2 atom stereocenters. The van der Waals surface area contributed by atoms with E-state index in [0.717, 1.165) is 32.7 Å². The summed E-state index contributed by atoms with van der Waals surface area (Å²) in [6.07, 6.45) is 6.55. The SMILES string of the molecule is CC1(C)CCOCCC1C1OCCCCC1(C)C. The summed E-state index contributed by atoms with van der Waals surface area (Å²) in [6.45, 7) is 12.4. The van der Waals surface area contributed by atoms with Gasteiger partial charge >= 0.3 is 0 Å². The average molecular weight is 254 g/mol. The van der Waals surface area contributed by atoms with Crippen LogP contribution in [-0.4, -0.2) is 25.9 Å². The van der Waals surface area contributed by atoms with Crippen LogP contribution in [0.4, 0.5) is 0 Å². The molecule has 2 fully saturated rings. The van der Waals surface area contributed by atoms with Crippen LogP contribution in [0.2, 0.25) is 0 Å². The smallest absolute Gasteiger partial charge is 0.0660 e. The molecule has 0 N–H and O–H groups in total. The molecule has 18 heavy (non-hydrogen) atoms. The van der Waals surface area contributed by atoms with Gasteiger partial charge in [-0.1, -0.05) is 34.1 Å². The molecule has 0 amide bonds. The molecule has 2 heterocycles. The second-order valence-corrected chi connectivity index (χ2v) is 7.48. The molecule has 0 aromatic carbocycles. The van der Waals surface area contributed by atoms with Gasteiger partial charge in [-0.05, 0) is 42.4 Å². The first-order valence-electron chi connectivity index (χ1n) is 7.63. The molecule has 106 valence electrons. The van der Waals surface area contributed by atoms with Gasteiger partial charge in [0.15, 0.2) is 0 Å². The van der Waals surface area contributed by atoms with Crippen molar-refractivity contribution >= 4 is 0 Å². The average Bonchev–Trinajstić information content (AvgIpc) is 2.54. The molecule has 0 aromatic rings. The monoisotopic (exact) mass is 254 g/mol. The molecule has 0 aliphatic carbocycles. The van der Waals surface area contributed by atoms with Crippen molar-refractivity contribution in [2.45, 2.75) is 65.9 Å². The summed E-state index contributed by atoms with van der Waals surface area (Å²) in [5, 5.41) is 0. The van der Waals surface area contributed by atoms with E-state index in [1.807, 2.05) is 0 Å². The summed E-state index contributed by atoms with van der Waals surface area (Å²) >= 11 is 0. The van der Waals surface area contributed by atoms with E-state index in [0.29, 0.717) is 22.9 Å². The molecule has 2 nitrogen and oxygen atoms in total. The van der Waals surface area contributed by atoms with Gasteiger partial charge in [-0.15, -0.1) is 0 Å². The summed E-state index contributed by atoms with van der Waals surface area (Å²) in [5.41, 5.74) is 0.644. The van der Waals surface area contributed by atoms with Gasteiger partial charge in [-0.2, -0.15) is 0 Å². The Kier molecular flexibility index (Phi) is 4.38. The first-order valence-corrected chi connectivity index (χ1v) is 7.63. The molecule has 0 radical (unpaired) electrons. The minimum atomic E-state index is 0.308. The lowest BCUT2D eigenvalue weighted by atomic mass is 9.65. The third kappa shape index (κ3) is 3.08. The zero-order valence-electron chi connectivity index (χ0n) is 12.6. The van der Waals surface area contributed by atoms with E-state index in [2.05, 4.69) is 27.7 Å². The van der Waals surface area contributed by atoms with Crippen LogP contribution in [0.5, 0.6) is 0 Å². The van der Waals surface area contributed by atoms with Gasteiger partial charge in [0.05, 0.1) is 6.10 Å². The highest BCUT2D eigenvalue weighted by Crippen LogP contribution is 2.46. The second-order valence-electron chi connectivity index (χ2n) is 7.48. The predicted molar refractivity (Wildman–Crippen MR) is 74.7 cm³/mol. The fourth-order valence-corrected chi connectivity index (χ4v) is 3.71. The highest BCUT2D eigenvalue weighted by Gasteiger charge is 2.44. The molecule has 0 saturated carbocycles. The molecule has 0 aromatic heterocycles. The zero-order chi connectivity index (χ0) is 13.2. The zero-order valence-corrected chi connectivity index (χ0v) is 12.6. The molecule has 2 aliphatic heterocycles. The van der Waals surface area contributed by atoms with Crippen molar-refractivity contribution in [3.05, 3.63) is 0 Å². The Morgan fingerprint density at radius 2 is 1.61 bits per heavy atom. The van der Waals surface area contributed by atoms with Crippen LogP contribution in [-0.2, 0) is 9.47 Å². The first-order chi connectivity index (χ1) is 8.43. The van der Waals surface area contributed by atoms with Crippen LogP contribution in [0.1, 0.15) is 59.8 Å². The van der Waals surface area contributed by atoms with E-state index in [9.17, 15) is 0 Å². The fraction of sp³-hybridized carbons (Fsp3) is 1.00. The summed E-state index contributed by atoms with van der Waals surface area (Å²) in [5.74, 6) is 0.632. The molecule has 2 rings (SSSR count). The van der Waals surface area contributed by atoms with Crippen LogP contribution in [0, 0.1) is 16.7 Å². The summed E-state index contributed by atoms with van der Waals surface area (Å²) in [7, 11) is 0. The van der Waals surface area contributed by atoms with Gasteiger partial charge in [0, 0.05) is 19.8 Å². The Balaban J connectivity index is 2.19. The van der Waals surface area contributed by atoms with E-state index < -0.39 is 0 Å². The van der Waals surface area contributed by atoms with Crippen LogP contribution in [0.15, 0.2) is 0 Å². The molecule has 0 spiro atoms. The number of rotatable bonds is 1. The Bertz CT molecular complexity index is 242. The highest BCUT2D eigenvalue weighted by molar-refractivity contribution is 4.93. The molecule has 2 saturated heterocycles. The Morgan fingerprint density at radius 1 is 0.833 bits per heavy atom. The highest BCUT2D eigenvalue weighted by atomic mass is 16.5. The lowest BCUT2D eigenvalue weighted by Gasteiger charge is -2.44. The third-order valence-corrected chi connectivity index (χ3v) is 5.12. The fourth-order valence-electron chi connectivity index (χ4n) is 3.71. The van der Waals surface area contributed by atoms with Gasteiger partial charge in [0.1, 0.15) is 0 Å². The molecule has 2 heteroatoms. The third-order valence-electron chi connectivity index (χ3n) is 5.12. The molecular weight excluding hydrogens is 224 g/mol. The second kappa shape index (κ2) is 5.50. The standard InChI is InChI=1S/C16H30O2/c1-15(2)9-12-17-11-7-13(15)14-16(3,4)8-5-6-10-18-14/h13-14H,5-12H2,1-4H3. The van der Waals surface area contributed by atoms with Crippen molar-refractivity contribution in [2.24, 2.45) is 16.7 Å². The molecule has 2 aliphatic rings. The topological polar surface area (TPSA) is 18.5 Å². The lowest BCUT2D eigenvalue weighted by Crippen LogP contribution is -2.44. The van der Waals surface area contributed by atoms with Gasteiger partial charge < -0.3 is 9.47 Å². The summed E-state index contributed by atoms with van der Waals surface area (Å²) in [6, 6.07) is 0. The Labute approximate surface area is 112 Å². The van der Waals surface area contributed by atoms with Gasteiger partial charge in [-0.25, -0.2) is 0 Å². The molecule has 0 bridgehead atoms. The number of ether oxygens (including phenoxy) is 2. The quantitative estimate of drug-likeness (QED) is 0.703. The van der Waals surface area contributed by atoms with Gasteiger partial charge in [0.25, 0.3) is 0 Å². The minimum Gasteiger partial charge on any atom is -0.381 e. The minimum absolute atomic E-state index is 0.308. The van der Waals surface area contributed by atoms with Gasteiger partial charge in [-0.3, -0.25) is 0 Å². The van der Waals surface area contributed by atoms with E-state index in [1.165, 1.54) is 19.3 Å². The Hall–Kier alpha value is -0.0800. The predicted octanol–water partition coefficient (Wildman–Crippen LogP) is 4.03. The number of hydrogen-bond acceptors (Lipinski definition) is 2. The van der Waals surface area contributed by atoms with Crippen LogP contribution in [0.25, 0.3) is 0 Å². The summed E-state index contributed by atoms with van der Waals surface area (Å²) in [4.78, 5) is 0. The van der Waals surface area contributed by atoms with E-state index in [4.69, 9.17) is 9.47 Å². The van der Waals surface area contributed by atoms with E-state index >= 15 is 0 Å². The van der Waals surface area contributed by atoms with Crippen molar-refractivity contribution < 1.29 is 9.47 Å². The Morgan fingerprint density at radius 3 is 2.39 bits per heavy atom. The van der Waals surface area contributed by atoms with Crippen molar-refractivity contribution in [3.8, 4) is 0 Å². The van der Waals surface area contributed by atoms with Crippen molar-refractivity contribution in [2.75, 3.05) is 19.8 Å². The van der Waals surface area contributed by atoms with Crippen molar-refractivity contribution in [1.82, 2.24) is 0 Å². The van der Waals surface area contributed by atoms with Crippen LogP contribution in [0.3, 0.4) is 0 Å². The van der Waals surface area contributed by atoms with Crippen LogP contribution < -0.4 is 0 Å². The lowest BCUT2D eigenvalue weighted by molar-refractivity contribution is -0.0852. The molecular formula is C16H30O2. The maximum atomic E-state index is 6.29.